The topological polar surface area (TPSA) is 62.2 Å². The number of aromatic nitrogens is 1. The van der Waals surface area contributed by atoms with Gasteiger partial charge in [-0.3, -0.25) is 5.41 Å². The summed E-state index contributed by atoms with van der Waals surface area (Å²) in [5.41, 5.74) is 1.86. The van der Waals surface area contributed by atoms with E-state index in [9.17, 15) is 4.79 Å². The molecular formula is C15H17N3O2. The quantitative estimate of drug-likeness (QED) is 0.686. The predicted molar refractivity (Wildman–Crippen MR) is 76.5 cm³/mol. The van der Waals surface area contributed by atoms with Gasteiger partial charge in [-0.05, 0) is 30.5 Å². The van der Waals surface area contributed by atoms with Crippen molar-refractivity contribution in [2.24, 2.45) is 0 Å². The van der Waals surface area contributed by atoms with Gasteiger partial charge in [-0.25, -0.2) is 9.36 Å². The lowest BCUT2D eigenvalue weighted by molar-refractivity contribution is 0.504. The van der Waals surface area contributed by atoms with Crippen molar-refractivity contribution in [3.05, 3.63) is 52.8 Å². The molecule has 0 radical (unpaired) electrons. The maximum Gasteiger partial charge on any atom is 0.423 e. The number of benzene rings is 1. The Morgan fingerprint density at radius 3 is 2.50 bits per heavy atom. The molecule has 1 saturated heterocycles. The fourth-order valence-electron chi connectivity index (χ4n) is 2.53. The summed E-state index contributed by atoms with van der Waals surface area (Å²) in [5.74, 6) is 0.290. The highest BCUT2D eigenvalue weighted by Gasteiger charge is 2.14. The van der Waals surface area contributed by atoms with Crippen LogP contribution in [0.15, 0.2) is 45.9 Å². The van der Waals surface area contributed by atoms with Crippen molar-refractivity contribution in [3.63, 3.8) is 0 Å². The normalized spacial score (nSPS) is 14.7. The zero-order valence-corrected chi connectivity index (χ0v) is 11.2. The van der Waals surface area contributed by atoms with Crippen LogP contribution in [0.1, 0.15) is 18.4 Å². The van der Waals surface area contributed by atoms with Crippen LogP contribution in [-0.2, 0) is 6.42 Å². The summed E-state index contributed by atoms with van der Waals surface area (Å²) < 4.78 is 6.20. The molecule has 2 heterocycles. The summed E-state index contributed by atoms with van der Waals surface area (Å²) in [6.07, 6.45) is 5.99. The maximum absolute atomic E-state index is 11.4. The number of hydrogen-bond donors (Lipinski definition) is 1. The number of amidine groups is 1. The van der Waals surface area contributed by atoms with Gasteiger partial charge in [-0.2, -0.15) is 0 Å². The van der Waals surface area contributed by atoms with Crippen molar-refractivity contribution < 1.29 is 4.42 Å². The number of oxazole rings is 1. The van der Waals surface area contributed by atoms with Crippen molar-refractivity contribution in [1.29, 1.82) is 5.41 Å². The van der Waals surface area contributed by atoms with E-state index in [-0.39, 0.29) is 5.76 Å². The SMILES string of the molecule is N=C(Cc1ccc(-n2ccoc2=O)cc1)N1CCCC1. The van der Waals surface area contributed by atoms with Crippen molar-refractivity contribution >= 4 is 5.84 Å². The average Bonchev–Trinajstić information content (AvgIpc) is 3.11. The molecule has 0 spiro atoms. The van der Waals surface area contributed by atoms with Crippen LogP contribution in [0.4, 0.5) is 0 Å². The average molecular weight is 271 g/mol. The summed E-state index contributed by atoms with van der Waals surface area (Å²) in [4.78, 5) is 13.5. The van der Waals surface area contributed by atoms with Gasteiger partial charge < -0.3 is 9.32 Å². The Balaban J connectivity index is 1.71. The van der Waals surface area contributed by atoms with Crippen LogP contribution in [0.25, 0.3) is 5.69 Å². The molecule has 3 rings (SSSR count). The van der Waals surface area contributed by atoms with Gasteiger partial charge in [0.15, 0.2) is 0 Å². The molecule has 1 aromatic heterocycles. The van der Waals surface area contributed by atoms with Crippen LogP contribution in [0.2, 0.25) is 0 Å². The van der Waals surface area contributed by atoms with Crippen molar-refractivity contribution in [2.45, 2.75) is 19.3 Å². The second-order valence-corrected chi connectivity index (χ2v) is 5.02. The van der Waals surface area contributed by atoms with Gasteiger partial charge in [-0.1, -0.05) is 12.1 Å². The summed E-state index contributed by atoms with van der Waals surface area (Å²) >= 11 is 0. The van der Waals surface area contributed by atoms with E-state index in [0.717, 1.165) is 24.3 Å². The fraction of sp³-hybridized carbons (Fsp3) is 0.333. The Hall–Kier alpha value is -2.30. The number of nitrogens with one attached hydrogen (secondary N) is 1. The Kier molecular flexibility index (Phi) is 3.41. The Bertz CT molecular complexity index is 648. The third-order valence-corrected chi connectivity index (χ3v) is 3.65. The van der Waals surface area contributed by atoms with Crippen molar-refractivity contribution in [1.82, 2.24) is 9.47 Å². The first kappa shape index (κ1) is 12.7. The Labute approximate surface area is 117 Å². The largest absolute Gasteiger partial charge is 0.423 e. The fourth-order valence-corrected chi connectivity index (χ4v) is 2.53. The van der Waals surface area contributed by atoms with Gasteiger partial charge in [0.2, 0.25) is 0 Å². The zero-order valence-electron chi connectivity index (χ0n) is 11.2. The van der Waals surface area contributed by atoms with Gasteiger partial charge >= 0.3 is 5.76 Å². The predicted octanol–water partition coefficient (Wildman–Crippen LogP) is 2.05. The summed E-state index contributed by atoms with van der Waals surface area (Å²) in [6.45, 7) is 2.00. The molecule has 0 aliphatic carbocycles. The van der Waals surface area contributed by atoms with E-state index in [0.29, 0.717) is 12.3 Å². The molecule has 1 N–H and O–H groups in total. The van der Waals surface area contributed by atoms with Crippen LogP contribution >= 0.6 is 0 Å². The minimum atomic E-state index is -0.387. The molecule has 0 saturated carbocycles. The highest BCUT2D eigenvalue weighted by molar-refractivity contribution is 5.81. The van der Waals surface area contributed by atoms with E-state index in [1.807, 2.05) is 24.3 Å². The maximum atomic E-state index is 11.4. The lowest BCUT2D eigenvalue weighted by Crippen LogP contribution is -2.28. The molecule has 0 amide bonds. The van der Waals surface area contributed by atoms with E-state index < -0.39 is 0 Å². The van der Waals surface area contributed by atoms with Crippen LogP contribution in [0.3, 0.4) is 0 Å². The van der Waals surface area contributed by atoms with Crippen LogP contribution in [0.5, 0.6) is 0 Å². The zero-order chi connectivity index (χ0) is 13.9. The first-order chi connectivity index (χ1) is 9.74. The van der Waals surface area contributed by atoms with E-state index in [1.165, 1.54) is 23.7 Å². The Morgan fingerprint density at radius 2 is 1.90 bits per heavy atom. The summed E-state index contributed by atoms with van der Waals surface area (Å²) in [6, 6.07) is 7.67. The molecule has 20 heavy (non-hydrogen) atoms. The minimum Gasteiger partial charge on any atom is -0.416 e. The van der Waals surface area contributed by atoms with E-state index in [4.69, 9.17) is 9.83 Å². The first-order valence-electron chi connectivity index (χ1n) is 6.82. The van der Waals surface area contributed by atoms with Gasteiger partial charge in [0, 0.05) is 19.5 Å². The molecule has 0 unspecified atom stereocenters. The highest BCUT2D eigenvalue weighted by Crippen LogP contribution is 2.13. The number of rotatable bonds is 3. The molecule has 1 aliphatic rings. The number of likely N-dealkylation sites (tertiary alicyclic amines) is 1. The smallest absolute Gasteiger partial charge is 0.416 e. The highest BCUT2D eigenvalue weighted by atomic mass is 16.4. The molecule has 0 atom stereocenters. The van der Waals surface area contributed by atoms with E-state index in [1.54, 1.807) is 6.20 Å². The molecule has 1 fully saturated rings. The molecule has 2 aromatic rings. The molecule has 104 valence electrons. The second kappa shape index (κ2) is 5.36. The minimum absolute atomic E-state index is 0.387. The lowest BCUT2D eigenvalue weighted by atomic mass is 10.1. The van der Waals surface area contributed by atoms with Crippen molar-refractivity contribution in [2.75, 3.05) is 13.1 Å². The van der Waals surface area contributed by atoms with Gasteiger partial charge in [-0.15, -0.1) is 0 Å². The van der Waals surface area contributed by atoms with Crippen LogP contribution < -0.4 is 5.76 Å². The standard InChI is InChI=1S/C15H17N3O2/c16-14(17-7-1-2-8-17)11-12-3-5-13(6-4-12)18-9-10-20-15(18)19/h3-6,9-10,16H,1-2,7-8,11H2. The lowest BCUT2D eigenvalue weighted by Gasteiger charge is -2.18. The molecule has 1 aliphatic heterocycles. The molecule has 5 nitrogen and oxygen atoms in total. The third kappa shape index (κ3) is 2.52. The number of hydrogen-bond acceptors (Lipinski definition) is 3. The van der Waals surface area contributed by atoms with E-state index in [2.05, 4.69) is 4.90 Å². The van der Waals surface area contributed by atoms with Gasteiger partial charge in [0.1, 0.15) is 12.1 Å². The molecular weight excluding hydrogens is 254 g/mol. The van der Waals surface area contributed by atoms with Crippen molar-refractivity contribution in [3.8, 4) is 5.69 Å². The van der Waals surface area contributed by atoms with Gasteiger partial charge in [0.05, 0.1) is 11.9 Å². The summed E-state index contributed by atoms with van der Waals surface area (Å²) in [5, 5.41) is 8.11. The second-order valence-electron chi connectivity index (χ2n) is 5.02. The molecule has 1 aromatic carbocycles. The summed E-state index contributed by atoms with van der Waals surface area (Å²) in [7, 11) is 0. The first-order valence-corrected chi connectivity index (χ1v) is 6.82. The van der Waals surface area contributed by atoms with Crippen LogP contribution in [0, 0.1) is 5.41 Å². The monoisotopic (exact) mass is 271 g/mol. The number of nitrogens with zero attached hydrogens (tertiary/aromatic N) is 2. The Morgan fingerprint density at radius 1 is 1.20 bits per heavy atom. The van der Waals surface area contributed by atoms with Crippen LogP contribution in [-0.4, -0.2) is 28.4 Å². The van der Waals surface area contributed by atoms with E-state index >= 15 is 0 Å². The molecule has 5 heteroatoms. The van der Waals surface area contributed by atoms with Gasteiger partial charge in [0.25, 0.3) is 0 Å². The third-order valence-electron chi connectivity index (χ3n) is 3.65. The molecule has 0 bridgehead atoms.